The lowest BCUT2D eigenvalue weighted by atomic mass is 9.70. The van der Waals surface area contributed by atoms with Gasteiger partial charge in [0.15, 0.2) is 0 Å². The molecule has 0 radical (unpaired) electrons. The zero-order chi connectivity index (χ0) is 13.0. The van der Waals surface area contributed by atoms with Crippen molar-refractivity contribution in [1.82, 2.24) is 5.32 Å². The van der Waals surface area contributed by atoms with E-state index in [0.717, 1.165) is 25.9 Å². The number of rotatable bonds is 6. The summed E-state index contributed by atoms with van der Waals surface area (Å²) in [4.78, 5) is 0. The second-order valence-corrected chi connectivity index (χ2v) is 5.24. The molecule has 0 bridgehead atoms. The third-order valence-electron chi connectivity index (χ3n) is 3.90. The van der Waals surface area contributed by atoms with Crippen LogP contribution in [0.3, 0.4) is 0 Å². The number of hydrogen-bond acceptors (Lipinski definition) is 1. The van der Waals surface area contributed by atoms with Crippen molar-refractivity contribution in [1.29, 1.82) is 0 Å². The van der Waals surface area contributed by atoms with Gasteiger partial charge >= 0.3 is 0 Å². The van der Waals surface area contributed by atoms with Crippen LogP contribution in [0, 0.1) is 23.5 Å². The van der Waals surface area contributed by atoms with Gasteiger partial charge in [-0.15, -0.1) is 0 Å². The minimum atomic E-state index is -0.341. The van der Waals surface area contributed by atoms with Crippen LogP contribution in [0.25, 0.3) is 0 Å². The van der Waals surface area contributed by atoms with Crippen LogP contribution in [0.15, 0.2) is 18.2 Å². The number of nitrogens with one attached hydrogen (secondary N) is 1. The van der Waals surface area contributed by atoms with E-state index in [1.54, 1.807) is 0 Å². The standard InChI is InChI=1S/C15H21F2N/c1-2-7-18-10-12-4-3-11(12)8-13-9-14(16)5-6-15(13)17/h5-6,9,11-12,18H,2-4,7-8,10H2,1H3. The van der Waals surface area contributed by atoms with Gasteiger partial charge < -0.3 is 5.32 Å². The molecule has 0 saturated heterocycles. The van der Waals surface area contributed by atoms with Crippen molar-refractivity contribution in [3.8, 4) is 0 Å². The summed E-state index contributed by atoms with van der Waals surface area (Å²) in [6, 6.07) is 3.75. The smallest absolute Gasteiger partial charge is 0.126 e. The van der Waals surface area contributed by atoms with Crippen LogP contribution in [0.1, 0.15) is 31.7 Å². The van der Waals surface area contributed by atoms with Crippen molar-refractivity contribution in [3.05, 3.63) is 35.4 Å². The van der Waals surface area contributed by atoms with Gasteiger partial charge in [-0.1, -0.05) is 6.92 Å². The fraction of sp³-hybridized carbons (Fsp3) is 0.600. The molecule has 1 aliphatic carbocycles. The van der Waals surface area contributed by atoms with Crippen LogP contribution in [0.5, 0.6) is 0 Å². The van der Waals surface area contributed by atoms with E-state index in [9.17, 15) is 8.78 Å². The Bertz CT molecular complexity index is 392. The first kappa shape index (κ1) is 13.5. The third-order valence-corrected chi connectivity index (χ3v) is 3.90. The minimum Gasteiger partial charge on any atom is -0.316 e. The summed E-state index contributed by atoms with van der Waals surface area (Å²) in [7, 11) is 0. The zero-order valence-electron chi connectivity index (χ0n) is 10.9. The van der Waals surface area contributed by atoms with Crippen LogP contribution in [-0.4, -0.2) is 13.1 Å². The SMILES string of the molecule is CCCNCC1CCC1Cc1cc(F)ccc1F. The third kappa shape index (κ3) is 3.29. The normalized spacial score (nSPS) is 22.8. The van der Waals surface area contributed by atoms with Crippen LogP contribution in [-0.2, 0) is 6.42 Å². The first-order chi connectivity index (χ1) is 8.70. The van der Waals surface area contributed by atoms with Gasteiger partial charge in [0.05, 0.1) is 0 Å². The summed E-state index contributed by atoms with van der Waals surface area (Å²) in [5, 5.41) is 3.41. The number of hydrogen-bond donors (Lipinski definition) is 1. The lowest BCUT2D eigenvalue weighted by Crippen LogP contribution is -2.36. The van der Waals surface area contributed by atoms with E-state index in [1.165, 1.54) is 24.6 Å². The van der Waals surface area contributed by atoms with Crippen LogP contribution >= 0.6 is 0 Å². The van der Waals surface area contributed by atoms with Crippen molar-refractivity contribution in [3.63, 3.8) is 0 Å². The van der Waals surface area contributed by atoms with E-state index < -0.39 is 0 Å². The maximum absolute atomic E-state index is 13.5. The predicted octanol–water partition coefficient (Wildman–Crippen LogP) is 3.53. The number of benzene rings is 1. The van der Waals surface area contributed by atoms with Crippen molar-refractivity contribution in [2.24, 2.45) is 11.8 Å². The summed E-state index contributed by atoms with van der Waals surface area (Å²) in [5.74, 6) is 0.514. The molecule has 0 spiro atoms. The lowest BCUT2D eigenvalue weighted by Gasteiger charge is -2.37. The molecule has 0 aliphatic heterocycles. The van der Waals surface area contributed by atoms with Crippen molar-refractivity contribution in [2.75, 3.05) is 13.1 Å². The Labute approximate surface area is 108 Å². The van der Waals surface area contributed by atoms with E-state index in [0.29, 0.717) is 23.8 Å². The van der Waals surface area contributed by atoms with Gasteiger partial charge in [-0.05, 0) is 74.4 Å². The Morgan fingerprint density at radius 1 is 1.22 bits per heavy atom. The molecule has 0 heterocycles. The molecule has 1 N–H and O–H groups in total. The molecule has 1 saturated carbocycles. The Morgan fingerprint density at radius 3 is 2.67 bits per heavy atom. The van der Waals surface area contributed by atoms with Gasteiger partial charge in [-0.2, -0.15) is 0 Å². The molecule has 1 aliphatic rings. The lowest BCUT2D eigenvalue weighted by molar-refractivity contribution is 0.170. The fourth-order valence-electron chi connectivity index (χ4n) is 2.62. The first-order valence-corrected chi connectivity index (χ1v) is 6.85. The average molecular weight is 253 g/mol. The summed E-state index contributed by atoms with van der Waals surface area (Å²) >= 11 is 0. The highest BCUT2D eigenvalue weighted by atomic mass is 19.1. The van der Waals surface area contributed by atoms with Crippen molar-refractivity contribution < 1.29 is 8.78 Å². The molecular weight excluding hydrogens is 232 g/mol. The van der Waals surface area contributed by atoms with Gasteiger partial charge in [0, 0.05) is 0 Å². The maximum Gasteiger partial charge on any atom is 0.126 e. The molecule has 1 fully saturated rings. The molecule has 1 aromatic rings. The van der Waals surface area contributed by atoms with E-state index >= 15 is 0 Å². The van der Waals surface area contributed by atoms with Gasteiger partial charge in [-0.3, -0.25) is 0 Å². The molecule has 2 unspecified atom stereocenters. The molecule has 1 aromatic carbocycles. The Balaban J connectivity index is 1.87. The van der Waals surface area contributed by atoms with Crippen molar-refractivity contribution in [2.45, 2.75) is 32.6 Å². The molecule has 2 rings (SSSR count). The second kappa shape index (κ2) is 6.28. The summed E-state index contributed by atoms with van der Waals surface area (Å²) in [5.41, 5.74) is 0.528. The van der Waals surface area contributed by atoms with E-state index in [4.69, 9.17) is 0 Å². The Kier molecular flexibility index (Phi) is 4.70. The highest BCUT2D eigenvalue weighted by Gasteiger charge is 2.30. The summed E-state index contributed by atoms with van der Waals surface area (Å²) in [6.45, 7) is 4.19. The van der Waals surface area contributed by atoms with Crippen LogP contribution < -0.4 is 5.32 Å². The van der Waals surface area contributed by atoms with Gasteiger partial charge in [0.2, 0.25) is 0 Å². The topological polar surface area (TPSA) is 12.0 Å². The molecule has 3 heteroatoms. The molecule has 0 aromatic heterocycles. The quantitative estimate of drug-likeness (QED) is 0.765. The van der Waals surface area contributed by atoms with Crippen LogP contribution in [0.2, 0.25) is 0 Å². The van der Waals surface area contributed by atoms with Gasteiger partial charge in [-0.25, -0.2) is 8.78 Å². The molecule has 100 valence electrons. The first-order valence-electron chi connectivity index (χ1n) is 6.85. The Hall–Kier alpha value is -0.960. The van der Waals surface area contributed by atoms with Gasteiger partial charge in [0.1, 0.15) is 11.6 Å². The monoisotopic (exact) mass is 253 g/mol. The largest absolute Gasteiger partial charge is 0.316 e. The summed E-state index contributed by atoms with van der Waals surface area (Å²) in [6.07, 6.45) is 4.14. The van der Waals surface area contributed by atoms with Crippen molar-refractivity contribution >= 4 is 0 Å². The van der Waals surface area contributed by atoms with E-state index in [1.807, 2.05) is 0 Å². The number of halogens is 2. The summed E-state index contributed by atoms with van der Waals surface area (Å²) < 4.78 is 26.6. The highest BCUT2D eigenvalue weighted by Crippen LogP contribution is 2.36. The second-order valence-electron chi connectivity index (χ2n) is 5.24. The molecule has 2 atom stereocenters. The molecule has 0 amide bonds. The molecule has 18 heavy (non-hydrogen) atoms. The minimum absolute atomic E-state index is 0.274. The fourth-order valence-corrected chi connectivity index (χ4v) is 2.62. The van der Waals surface area contributed by atoms with E-state index in [-0.39, 0.29) is 11.6 Å². The highest BCUT2D eigenvalue weighted by molar-refractivity contribution is 5.19. The maximum atomic E-state index is 13.5. The molecule has 1 nitrogen and oxygen atoms in total. The van der Waals surface area contributed by atoms with E-state index in [2.05, 4.69) is 12.2 Å². The molecular formula is C15H21F2N. The Morgan fingerprint density at radius 2 is 2.00 bits per heavy atom. The predicted molar refractivity (Wildman–Crippen MR) is 69.4 cm³/mol. The van der Waals surface area contributed by atoms with Crippen LogP contribution in [0.4, 0.5) is 8.78 Å². The zero-order valence-corrected chi connectivity index (χ0v) is 10.9. The van der Waals surface area contributed by atoms with Gasteiger partial charge in [0.25, 0.3) is 0 Å². The average Bonchev–Trinajstić information content (AvgIpc) is 2.34.